The van der Waals surface area contributed by atoms with Gasteiger partial charge < -0.3 is 11.1 Å². The number of hydrogen-bond acceptors (Lipinski definition) is 1. The number of thiocarbonyl (C=S) groups is 1. The van der Waals surface area contributed by atoms with Crippen molar-refractivity contribution in [2.75, 3.05) is 5.32 Å². The van der Waals surface area contributed by atoms with E-state index in [1.807, 2.05) is 0 Å². The van der Waals surface area contributed by atoms with Crippen LogP contribution < -0.4 is 11.1 Å². The van der Waals surface area contributed by atoms with E-state index in [0.717, 1.165) is 0 Å². The van der Waals surface area contributed by atoms with Crippen molar-refractivity contribution >= 4 is 81.0 Å². The van der Waals surface area contributed by atoms with Gasteiger partial charge in [0.05, 0.1) is 30.8 Å². The maximum absolute atomic E-state index is 5.88. The maximum atomic E-state index is 5.88. The molecule has 2 nitrogen and oxygen atoms in total. The number of halogens is 5. The molecule has 0 bridgehead atoms. The fraction of sp³-hybridized carbons (Fsp3) is 0. The van der Waals surface area contributed by atoms with Crippen LogP contribution in [0.15, 0.2) is 0 Å². The first kappa shape index (κ1) is 13.4. The van der Waals surface area contributed by atoms with Gasteiger partial charge in [-0.3, -0.25) is 0 Å². The van der Waals surface area contributed by atoms with E-state index in [1.165, 1.54) is 0 Å². The summed E-state index contributed by atoms with van der Waals surface area (Å²) in [6.45, 7) is 0. The number of rotatable bonds is 1. The molecule has 0 spiro atoms. The maximum Gasteiger partial charge on any atom is 0.168 e. The molecule has 0 heterocycles. The number of anilines is 1. The zero-order valence-electron chi connectivity index (χ0n) is 6.88. The fourth-order valence-electron chi connectivity index (χ4n) is 0.838. The van der Waals surface area contributed by atoms with E-state index < -0.39 is 0 Å². The summed E-state index contributed by atoms with van der Waals surface area (Å²) in [6.07, 6.45) is 0. The molecule has 0 aliphatic heterocycles. The Morgan fingerprint density at radius 1 is 0.867 bits per heavy atom. The van der Waals surface area contributed by atoms with E-state index in [-0.39, 0.29) is 35.9 Å². The molecule has 1 aromatic rings. The summed E-state index contributed by atoms with van der Waals surface area (Å²) in [5.41, 5.74) is 5.53. The molecule has 0 saturated carbocycles. The van der Waals surface area contributed by atoms with Gasteiger partial charge in [-0.15, -0.1) is 0 Å². The number of nitrogens with one attached hydrogen (secondary N) is 1. The van der Waals surface area contributed by atoms with Crippen molar-refractivity contribution < 1.29 is 0 Å². The smallest absolute Gasteiger partial charge is 0.168 e. The Morgan fingerprint density at radius 2 is 1.20 bits per heavy atom. The van der Waals surface area contributed by atoms with E-state index >= 15 is 0 Å². The summed E-state index contributed by atoms with van der Waals surface area (Å²) in [4.78, 5) is 0. The minimum atomic E-state index is -0.00624. The lowest BCUT2D eigenvalue weighted by Gasteiger charge is -2.12. The average molecular weight is 324 g/mol. The summed E-state index contributed by atoms with van der Waals surface area (Å²) < 4.78 is 0. The quantitative estimate of drug-likeness (QED) is 0.450. The van der Waals surface area contributed by atoms with Crippen LogP contribution in [0.1, 0.15) is 0 Å². The summed E-state index contributed by atoms with van der Waals surface area (Å²) >= 11 is 33.8. The monoisotopic (exact) mass is 322 g/mol. The molecule has 0 unspecified atom stereocenters. The van der Waals surface area contributed by atoms with Gasteiger partial charge in [-0.1, -0.05) is 58.0 Å². The van der Waals surface area contributed by atoms with Crippen LogP contribution in [0.25, 0.3) is 0 Å². The van der Waals surface area contributed by atoms with Gasteiger partial charge in [0.2, 0.25) is 0 Å². The molecule has 0 aliphatic rings. The van der Waals surface area contributed by atoms with Crippen molar-refractivity contribution in [1.29, 1.82) is 0 Å². The molecule has 0 aromatic heterocycles. The Kier molecular flexibility index (Phi) is 4.59. The molecule has 0 amide bonds. The SMILES string of the molecule is NC(=S)Nc1c(Cl)c(Cl)c(Cl)c(Cl)c1Cl. The zero-order valence-corrected chi connectivity index (χ0v) is 11.5. The van der Waals surface area contributed by atoms with E-state index in [4.69, 9.17) is 63.7 Å². The Balaban J connectivity index is 3.45. The molecule has 1 aromatic carbocycles. The molecule has 0 atom stereocenters. The van der Waals surface area contributed by atoms with Crippen molar-refractivity contribution in [3.05, 3.63) is 25.1 Å². The third-order valence-electron chi connectivity index (χ3n) is 1.46. The molecule has 8 heteroatoms. The average Bonchev–Trinajstić information content (AvgIpc) is 2.18. The second-order valence-electron chi connectivity index (χ2n) is 2.43. The first-order valence-electron chi connectivity index (χ1n) is 3.44. The summed E-state index contributed by atoms with van der Waals surface area (Å²) in [5.74, 6) is 0. The standard InChI is InChI=1S/C7H3Cl5N2S/c8-1-2(9)4(11)6(14-7(13)15)5(12)3(1)10/h(H3,13,14,15). The lowest BCUT2D eigenvalue weighted by atomic mass is 10.3. The predicted octanol–water partition coefficient (Wildman–Crippen LogP) is 4.61. The minimum absolute atomic E-state index is 0.00624. The summed E-state index contributed by atoms with van der Waals surface area (Å²) in [5, 5.41) is 3.05. The third kappa shape index (κ3) is 2.73. The van der Waals surface area contributed by atoms with Crippen LogP contribution in [0.3, 0.4) is 0 Å². The van der Waals surface area contributed by atoms with Crippen molar-refractivity contribution in [3.8, 4) is 0 Å². The molecule has 15 heavy (non-hydrogen) atoms. The van der Waals surface area contributed by atoms with Crippen LogP contribution in [0, 0.1) is 0 Å². The van der Waals surface area contributed by atoms with E-state index in [1.54, 1.807) is 0 Å². The fourth-order valence-corrected chi connectivity index (χ4v) is 2.17. The van der Waals surface area contributed by atoms with Crippen LogP contribution in [-0.4, -0.2) is 5.11 Å². The third-order valence-corrected chi connectivity index (χ3v) is 3.84. The van der Waals surface area contributed by atoms with Crippen molar-refractivity contribution in [2.45, 2.75) is 0 Å². The topological polar surface area (TPSA) is 38.0 Å². The Bertz CT molecular complexity index is 405. The first-order valence-corrected chi connectivity index (χ1v) is 5.74. The molecule has 0 fully saturated rings. The van der Waals surface area contributed by atoms with E-state index in [2.05, 4.69) is 17.5 Å². The Hall–Kier alpha value is 0.360. The first-order chi connectivity index (χ1) is 6.86. The largest absolute Gasteiger partial charge is 0.376 e. The van der Waals surface area contributed by atoms with Gasteiger partial charge in [-0.2, -0.15) is 0 Å². The molecule has 82 valence electrons. The van der Waals surface area contributed by atoms with Gasteiger partial charge in [-0.05, 0) is 12.2 Å². The second-order valence-corrected chi connectivity index (χ2v) is 4.76. The highest BCUT2D eigenvalue weighted by molar-refractivity contribution is 7.80. The van der Waals surface area contributed by atoms with E-state index in [9.17, 15) is 0 Å². The van der Waals surface area contributed by atoms with Crippen LogP contribution in [0.5, 0.6) is 0 Å². The van der Waals surface area contributed by atoms with Gasteiger partial charge in [0.1, 0.15) is 0 Å². The molecule has 0 radical (unpaired) electrons. The van der Waals surface area contributed by atoms with Crippen molar-refractivity contribution in [1.82, 2.24) is 0 Å². The van der Waals surface area contributed by atoms with Gasteiger partial charge in [-0.25, -0.2) is 0 Å². The van der Waals surface area contributed by atoms with Gasteiger partial charge in [0.15, 0.2) is 5.11 Å². The van der Waals surface area contributed by atoms with Gasteiger partial charge in [0.25, 0.3) is 0 Å². The van der Waals surface area contributed by atoms with Gasteiger partial charge >= 0.3 is 0 Å². The number of nitrogens with two attached hydrogens (primary N) is 1. The Morgan fingerprint density at radius 3 is 1.53 bits per heavy atom. The lowest BCUT2D eigenvalue weighted by Crippen LogP contribution is -2.19. The van der Waals surface area contributed by atoms with Crippen LogP contribution >= 0.6 is 70.2 Å². The summed E-state index contributed by atoms with van der Waals surface area (Å²) in [7, 11) is 0. The van der Waals surface area contributed by atoms with Crippen LogP contribution in [-0.2, 0) is 0 Å². The minimum Gasteiger partial charge on any atom is -0.376 e. The number of benzene rings is 1. The molecule has 1 rings (SSSR count). The van der Waals surface area contributed by atoms with Crippen LogP contribution in [0.4, 0.5) is 5.69 Å². The van der Waals surface area contributed by atoms with Gasteiger partial charge in [0, 0.05) is 0 Å². The highest BCUT2D eigenvalue weighted by Crippen LogP contribution is 2.46. The molecular formula is C7H3Cl5N2S. The van der Waals surface area contributed by atoms with E-state index in [0.29, 0.717) is 0 Å². The molecule has 0 saturated heterocycles. The van der Waals surface area contributed by atoms with Crippen molar-refractivity contribution in [3.63, 3.8) is 0 Å². The number of hydrogen-bond donors (Lipinski definition) is 2. The zero-order chi connectivity index (χ0) is 11.7. The molecular weight excluding hydrogens is 321 g/mol. The molecule has 0 aliphatic carbocycles. The normalized spacial score (nSPS) is 10.2. The van der Waals surface area contributed by atoms with Crippen molar-refractivity contribution in [2.24, 2.45) is 5.73 Å². The lowest BCUT2D eigenvalue weighted by molar-refractivity contribution is 1.60. The predicted molar refractivity (Wildman–Crippen MR) is 71.9 cm³/mol. The highest BCUT2D eigenvalue weighted by atomic mass is 35.5. The highest BCUT2D eigenvalue weighted by Gasteiger charge is 2.19. The summed E-state index contributed by atoms with van der Waals surface area (Å²) in [6, 6.07) is 0. The molecule has 3 N–H and O–H groups in total. The van der Waals surface area contributed by atoms with Crippen LogP contribution in [0.2, 0.25) is 25.1 Å². The second kappa shape index (κ2) is 5.13. The Labute approximate surface area is 117 Å².